The van der Waals surface area contributed by atoms with E-state index in [9.17, 15) is 4.79 Å². The van der Waals surface area contributed by atoms with Crippen LogP contribution in [0.4, 0.5) is 5.69 Å². The van der Waals surface area contributed by atoms with Gasteiger partial charge >= 0.3 is 0 Å². The van der Waals surface area contributed by atoms with Crippen LogP contribution in [0.25, 0.3) is 0 Å². The lowest BCUT2D eigenvalue weighted by molar-refractivity contribution is -0.135. The average molecular weight is 276 g/mol. The summed E-state index contributed by atoms with van der Waals surface area (Å²) in [5.41, 5.74) is 7.70. The van der Waals surface area contributed by atoms with Crippen LogP contribution in [0, 0.1) is 0 Å². The molecule has 1 aromatic rings. The highest BCUT2D eigenvalue weighted by atomic mass is 16.3. The zero-order valence-corrected chi connectivity index (χ0v) is 11.9. The van der Waals surface area contributed by atoms with Crippen LogP contribution in [0.1, 0.15) is 37.7 Å². The molecular formula is C16H24N2O2. The van der Waals surface area contributed by atoms with E-state index in [-0.39, 0.29) is 12.5 Å². The smallest absolute Gasteiger partial charge is 0.223 e. The molecule has 4 nitrogen and oxygen atoms in total. The summed E-state index contributed by atoms with van der Waals surface area (Å²) in [5.74, 6) is 0.186. The Bertz CT molecular complexity index is 444. The van der Waals surface area contributed by atoms with E-state index in [2.05, 4.69) is 0 Å². The molecule has 0 saturated heterocycles. The Morgan fingerprint density at radius 2 is 2.10 bits per heavy atom. The van der Waals surface area contributed by atoms with E-state index in [1.165, 1.54) is 6.42 Å². The molecule has 1 aliphatic rings. The van der Waals surface area contributed by atoms with Gasteiger partial charge in [0.05, 0.1) is 0 Å². The number of para-hydroxylation sites is 1. The second-order valence-corrected chi connectivity index (χ2v) is 5.45. The SMILES string of the molecule is Nc1ccccc1CCC(=O)N(CCCO)C1CCC1. The molecule has 0 bridgehead atoms. The van der Waals surface area contributed by atoms with Crippen LogP contribution < -0.4 is 5.73 Å². The van der Waals surface area contributed by atoms with Crippen LogP contribution in [0.2, 0.25) is 0 Å². The lowest BCUT2D eigenvalue weighted by Crippen LogP contribution is -2.45. The summed E-state index contributed by atoms with van der Waals surface area (Å²) in [5, 5.41) is 8.96. The predicted octanol–water partition coefficient (Wildman–Crippen LogP) is 1.96. The Hall–Kier alpha value is -1.55. The van der Waals surface area contributed by atoms with E-state index in [1.54, 1.807) is 0 Å². The first kappa shape index (κ1) is 14.9. The molecule has 3 N–H and O–H groups in total. The second-order valence-electron chi connectivity index (χ2n) is 5.45. The molecule has 4 heteroatoms. The lowest BCUT2D eigenvalue weighted by atomic mass is 9.91. The number of amides is 1. The largest absolute Gasteiger partial charge is 0.399 e. The molecule has 1 saturated carbocycles. The van der Waals surface area contributed by atoms with Crippen LogP contribution in [0.15, 0.2) is 24.3 Å². The number of aliphatic hydroxyl groups is 1. The third kappa shape index (κ3) is 3.73. The third-order valence-corrected chi connectivity index (χ3v) is 4.06. The minimum absolute atomic E-state index is 0.141. The zero-order valence-electron chi connectivity index (χ0n) is 11.9. The molecule has 0 atom stereocenters. The van der Waals surface area contributed by atoms with Crippen LogP contribution in [0.5, 0.6) is 0 Å². The number of nitrogens with two attached hydrogens (primary N) is 1. The first-order valence-corrected chi connectivity index (χ1v) is 7.46. The van der Waals surface area contributed by atoms with Crippen molar-refractivity contribution >= 4 is 11.6 Å². The topological polar surface area (TPSA) is 66.6 Å². The normalized spacial score (nSPS) is 14.8. The Morgan fingerprint density at radius 3 is 2.70 bits per heavy atom. The molecule has 1 amide bonds. The second kappa shape index (κ2) is 7.29. The fourth-order valence-electron chi connectivity index (χ4n) is 2.60. The van der Waals surface area contributed by atoms with Gasteiger partial charge in [-0.05, 0) is 43.7 Å². The van der Waals surface area contributed by atoms with Crippen molar-refractivity contribution in [2.45, 2.75) is 44.6 Å². The monoisotopic (exact) mass is 276 g/mol. The molecule has 0 radical (unpaired) electrons. The van der Waals surface area contributed by atoms with Crippen molar-refractivity contribution in [3.8, 4) is 0 Å². The summed E-state index contributed by atoms with van der Waals surface area (Å²) in [6.07, 6.45) is 5.26. The van der Waals surface area contributed by atoms with E-state index in [0.29, 0.717) is 31.8 Å². The van der Waals surface area contributed by atoms with Crippen LogP contribution in [-0.2, 0) is 11.2 Å². The first-order chi connectivity index (χ1) is 9.72. The summed E-state index contributed by atoms with van der Waals surface area (Å²) >= 11 is 0. The molecule has 0 spiro atoms. The Balaban J connectivity index is 1.89. The van der Waals surface area contributed by atoms with Gasteiger partial charge in [-0.15, -0.1) is 0 Å². The van der Waals surface area contributed by atoms with Gasteiger partial charge in [0, 0.05) is 31.3 Å². The number of nitrogen functional groups attached to an aromatic ring is 1. The summed E-state index contributed by atoms with van der Waals surface area (Å²) in [6.45, 7) is 0.812. The molecule has 0 aliphatic heterocycles. The van der Waals surface area contributed by atoms with Gasteiger partial charge < -0.3 is 15.7 Å². The van der Waals surface area contributed by atoms with Crippen LogP contribution in [-0.4, -0.2) is 35.1 Å². The van der Waals surface area contributed by atoms with Gasteiger partial charge in [-0.2, -0.15) is 0 Å². The minimum atomic E-state index is 0.141. The van der Waals surface area contributed by atoms with E-state index in [1.807, 2.05) is 29.2 Å². The van der Waals surface area contributed by atoms with E-state index >= 15 is 0 Å². The number of nitrogens with zero attached hydrogens (tertiary/aromatic N) is 1. The molecule has 1 fully saturated rings. The number of hydrogen-bond acceptors (Lipinski definition) is 3. The summed E-state index contributed by atoms with van der Waals surface area (Å²) in [7, 11) is 0. The quantitative estimate of drug-likeness (QED) is 0.748. The fraction of sp³-hybridized carbons (Fsp3) is 0.562. The molecule has 1 aliphatic carbocycles. The van der Waals surface area contributed by atoms with Crippen LogP contribution >= 0.6 is 0 Å². The van der Waals surface area contributed by atoms with Crippen molar-refractivity contribution in [2.75, 3.05) is 18.9 Å². The van der Waals surface area contributed by atoms with Gasteiger partial charge in [-0.3, -0.25) is 4.79 Å². The summed E-state index contributed by atoms with van der Waals surface area (Å²) in [4.78, 5) is 14.3. The number of rotatable bonds is 7. The van der Waals surface area contributed by atoms with E-state index in [4.69, 9.17) is 10.8 Å². The Morgan fingerprint density at radius 1 is 1.35 bits per heavy atom. The van der Waals surface area contributed by atoms with Gasteiger partial charge in [0.2, 0.25) is 5.91 Å². The highest BCUT2D eigenvalue weighted by Gasteiger charge is 2.27. The van der Waals surface area contributed by atoms with Crippen molar-refractivity contribution in [1.82, 2.24) is 4.90 Å². The van der Waals surface area contributed by atoms with Gasteiger partial charge in [-0.25, -0.2) is 0 Å². The van der Waals surface area contributed by atoms with Gasteiger partial charge in [0.25, 0.3) is 0 Å². The maximum absolute atomic E-state index is 12.4. The number of aliphatic hydroxyl groups excluding tert-OH is 1. The van der Waals surface area contributed by atoms with Gasteiger partial charge in [0.15, 0.2) is 0 Å². The fourth-order valence-corrected chi connectivity index (χ4v) is 2.60. The lowest BCUT2D eigenvalue weighted by Gasteiger charge is -2.37. The summed E-state index contributed by atoms with van der Waals surface area (Å²) < 4.78 is 0. The molecule has 20 heavy (non-hydrogen) atoms. The third-order valence-electron chi connectivity index (χ3n) is 4.06. The van der Waals surface area contributed by atoms with Crippen LogP contribution in [0.3, 0.4) is 0 Å². The average Bonchev–Trinajstić information content (AvgIpc) is 2.40. The van der Waals surface area contributed by atoms with Crippen molar-refractivity contribution in [2.24, 2.45) is 0 Å². The zero-order chi connectivity index (χ0) is 14.4. The van der Waals surface area contributed by atoms with Crippen molar-refractivity contribution in [3.63, 3.8) is 0 Å². The molecular weight excluding hydrogens is 252 g/mol. The first-order valence-electron chi connectivity index (χ1n) is 7.46. The number of aryl methyl sites for hydroxylation is 1. The minimum Gasteiger partial charge on any atom is -0.399 e. The van der Waals surface area contributed by atoms with Crippen molar-refractivity contribution < 1.29 is 9.90 Å². The number of carbonyl (C=O) groups excluding carboxylic acids is 1. The van der Waals surface area contributed by atoms with E-state index in [0.717, 1.165) is 24.1 Å². The molecule has 0 heterocycles. The Labute approximate surface area is 120 Å². The van der Waals surface area contributed by atoms with Gasteiger partial charge in [-0.1, -0.05) is 18.2 Å². The Kier molecular flexibility index (Phi) is 5.41. The highest BCUT2D eigenvalue weighted by Crippen LogP contribution is 2.26. The predicted molar refractivity (Wildman–Crippen MR) is 80.2 cm³/mol. The number of benzene rings is 1. The molecule has 0 unspecified atom stereocenters. The molecule has 2 rings (SSSR count). The summed E-state index contributed by atoms with van der Waals surface area (Å²) in [6, 6.07) is 8.09. The van der Waals surface area contributed by atoms with Gasteiger partial charge in [0.1, 0.15) is 0 Å². The number of carbonyl (C=O) groups is 1. The number of hydrogen-bond donors (Lipinski definition) is 2. The maximum atomic E-state index is 12.4. The van der Waals surface area contributed by atoms with E-state index < -0.39 is 0 Å². The molecule has 1 aromatic carbocycles. The molecule has 110 valence electrons. The van der Waals surface area contributed by atoms with Crippen molar-refractivity contribution in [1.29, 1.82) is 0 Å². The van der Waals surface area contributed by atoms with Crippen molar-refractivity contribution in [3.05, 3.63) is 29.8 Å². The number of anilines is 1. The standard InChI is InChI=1S/C16H24N2O2/c17-15-8-2-1-5-13(15)9-10-16(20)18(11-4-12-19)14-6-3-7-14/h1-2,5,8,14,19H,3-4,6-7,9-12,17H2. The molecule has 0 aromatic heterocycles. The maximum Gasteiger partial charge on any atom is 0.223 e. The highest BCUT2D eigenvalue weighted by molar-refractivity contribution is 5.77.